The summed E-state index contributed by atoms with van der Waals surface area (Å²) in [7, 11) is -1.92. The Morgan fingerprint density at radius 2 is 1.38 bits per heavy atom. The molecular weight excluding hydrogens is 543 g/mol. The molecule has 0 saturated heterocycles. The minimum absolute atomic E-state index is 0.0431. The number of carbonyl (C=O) groups is 1. The number of rotatable bonds is 19. The molecule has 1 atom stereocenters. The van der Waals surface area contributed by atoms with Crippen LogP contribution >= 0.6 is 0 Å². The molecule has 34 heavy (non-hydrogen) atoms. The van der Waals surface area contributed by atoms with Gasteiger partial charge in [-0.25, -0.2) is 0 Å². The summed E-state index contributed by atoms with van der Waals surface area (Å²) >= 11 is -2.38. The molecule has 0 aromatic rings. The summed E-state index contributed by atoms with van der Waals surface area (Å²) in [6.45, 7) is 21.2. The van der Waals surface area contributed by atoms with Crippen molar-refractivity contribution in [1.82, 2.24) is 0 Å². The number of carbonyl (C=O) groups excluding carboxylic acids is 1. The Hall–Kier alpha value is -0.0744. The molecule has 0 aliphatic heterocycles. The van der Waals surface area contributed by atoms with E-state index < -0.39 is 26.7 Å². The van der Waals surface area contributed by atoms with Gasteiger partial charge >= 0.3 is 219 Å². The fourth-order valence-corrected chi connectivity index (χ4v) is 19.6. The Kier molecular flexibility index (Phi) is 18.2. The number of hydrogen-bond acceptors (Lipinski definition) is 3. The average molecular weight is 602 g/mol. The third kappa shape index (κ3) is 14.5. The van der Waals surface area contributed by atoms with Gasteiger partial charge in [0.15, 0.2) is 0 Å². The topological polar surface area (TPSA) is 35.5 Å². The van der Waals surface area contributed by atoms with Gasteiger partial charge in [-0.3, -0.25) is 0 Å². The molecular formula is C29H58O3SiSn. The average Bonchev–Trinajstić information content (AvgIpc) is 2.77. The summed E-state index contributed by atoms with van der Waals surface area (Å²) in [6.07, 6.45) is 16.7. The fraction of sp³-hybridized carbons (Fsp3) is 0.828. The Bertz CT molecular complexity index is 571. The van der Waals surface area contributed by atoms with Crippen LogP contribution in [-0.2, 0) is 14.0 Å². The summed E-state index contributed by atoms with van der Waals surface area (Å²) in [5.41, 5.74) is 0. The first-order chi connectivity index (χ1) is 16.0. The first-order valence-corrected chi connectivity index (χ1v) is 24.8. The van der Waals surface area contributed by atoms with Crippen LogP contribution in [0.5, 0.6) is 0 Å². The van der Waals surface area contributed by atoms with Gasteiger partial charge in [-0.05, 0) is 0 Å². The maximum absolute atomic E-state index is 12.1. The Balaban J connectivity index is 5.75. The summed E-state index contributed by atoms with van der Waals surface area (Å²) in [6, 6.07) is 0. The standard InChI is InChI=1S/C17H31O3Si.3C4H9.Sn/c1-8-10-14-19-16(18)13-11-12-15(9-2)20-21(6,7)17(3,4)5;3*1-3-4-2;/h2,9,11,13,15H,8,10,12,14H2,1,3-7H3;3*1,3-4H2,2H3;/b9-2?,13-11+;;;;/t15-;;;;/m1..../s1. The van der Waals surface area contributed by atoms with E-state index in [4.69, 9.17) is 9.16 Å². The van der Waals surface area contributed by atoms with E-state index in [1.807, 2.05) is 6.08 Å². The molecule has 200 valence electrons. The van der Waals surface area contributed by atoms with Gasteiger partial charge in [-0.1, -0.05) is 0 Å². The van der Waals surface area contributed by atoms with E-state index in [2.05, 4.69) is 71.7 Å². The fourth-order valence-electron chi connectivity index (χ4n) is 3.91. The van der Waals surface area contributed by atoms with Crippen molar-refractivity contribution in [2.75, 3.05) is 6.61 Å². The molecule has 0 heterocycles. The van der Waals surface area contributed by atoms with E-state index in [-0.39, 0.29) is 17.1 Å². The molecule has 0 aliphatic carbocycles. The summed E-state index contributed by atoms with van der Waals surface area (Å²) in [5, 5.41) is 0.162. The van der Waals surface area contributed by atoms with E-state index in [0.717, 1.165) is 19.3 Å². The van der Waals surface area contributed by atoms with Gasteiger partial charge in [0, 0.05) is 0 Å². The number of esters is 1. The van der Waals surface area contributed by atoms with Crippen LogP contribution < -0.4 is 0 Å². The van der Waals surface area contributed by atoms with Crippen molar-refractivity contribution < 1.29 is 14.0 Å². The van der Waals surface area contributed by atoms with Crippen LogP contribution in [0.4, 0.5) is 0 Å². The molecule has 0 aliphatic rings. The van der Waals surface area contributed by atoms with Crippen LogP contribution in [0.15, 0.2) is 22.3 Å². The number of ether oxygens (including phenoxy) is 1. The van der Waals surface area contributed by atoms with Crippen LogP contribution in [0.3, 0.4) is 0 Å². The van der Waals surface area contributed by atoms with E-state index >= 15 is 0 Å². The minimum atomic E-state index is -2.38. The summed E-state index contributed by atoms with van der Waals surface area (Å²) < 4.78 is 19.3. The van der Waals surface area contributed by atoms with Crippen molar-refractivity contribution in [1.29, 1.82) is 0 Å². The van der Waals surface area contributed by atoms with Gasteiger partial charge < -0.3 is 0 Å². The Labute approximate surface area is 218 Å². The molecule has 0 amide bonds. The molecule has 3 nitrogen and oxygen atoms in total. The van der Waals surface area contributed by atoms with Gasteiger partial charge in [-0.15, -0.1) is 0 Å². The molecule has 0 fully saturated rings. The molecule has 5 heteroatoms. The normalized spacial score (nSPS) is 14.3. The van der Waals surface area contributed by atoms with E-state index in [1.54, 1.807) is 6.08 Å². The van der Waals surface area contributed by atoms with Gasteiger partial charge in [0.25, 0.3) is 0 Å². The second-order valence-corrected chi connectivity index (χ2v) is 29.4. The second-order valence-electron chi connectivity index (χ2n) is 11.6. The van der Waals surface area contributed by atoms with Crippen molar-refractivity contribution in [2.45, 2.75) is 144 Å². The van der Waals surface area contributed by atoms with Crippen LogP contribution in [0.25, 0.3) is 0 Å². The predicted octanol–water partition coefficient (Wildman–Crippen LogP) is 9.61. The van der Waals surface area contributed by atoms with E-state index in [9.17, 15) is 4.79 Å². The first-order valence-electron chi connectivity index (χ1n) is 14.2. The van der Waals surface area contributed by atoms with E-state index in [0.29, 0.717) is 6.61 Å². The molecule has 0 aromatic carbocycles. The van der Waals surface area contributed by atoms with Crippen LogP contribution in [-0.4, -0.2) is 45.4 Å². The molecule has 0 spiro atoms. The third-order valence-corrected chi connectivity index (χ3v) is 26.0. The molecule has 0 rings (SSSR count). The summed E-state index contributed by atoms with van der Waals surface area (Å²) in [5.74, 6) is -0.231. The molecule has 0 bridgehead atoms. The zero-order chi connectivity index (χ0) is 26.1. The Morgan fingerprint density at radius 1 is 0.882 bits per heavy atom. The van der Waals surface area contributed by atoms with Crippen molar-refractivity contribution in [3.8, 4) is 0 Å². The number of hydrogen-bond donors (Lipinski definition) is 0. The Morgan fingerprint density at radius 3 is 1.82 bits per heavy atom. The first kappa shape index (κ1) is 33.9. The molecule has 0 N–H and O–H groups in total. The van der Waals surface area contributed by atoms with E-state index in [1.165, 1.54) is 51.8 Å². The third-order valence-electron chi connectivity index (χ3n) is 7.37. The second kappa shape index (κ2) is 18.2. The molecule has 0 unspecified atom stereocenters. The zero-order valence-corrected chi connectivity index (χ0v) is 28.2. The number of unbranched alkanes of at least 4 members (excludes halogenated alkanes) is 4. The van der Waals surface area contributed by atoms with Gasteiger partial charge in [0.05, 0.1) is 0 Å². The van der Waals surface area contributed by atoms with Crippen molar-refractivity contribution in [3.63, 3.8) is 0 Å². The van der Waals surface area contributed by atoms with Crippen molar-refractivity contribution >= 4 is 32.7 Å². The van der Waals surface area contributed by atoms with Crippen molar-refractivity contribution in [3.05, 3.63) is 22.3 Å². The monoisotopic (exact) mass is 602 g/mol. The van der Waals surface area contributed by atoms with Gasteiger partial charge in [0.1, 0.15) is 0 Å². The van der Waals surface area contributed by atoms with Gasteiger partial charge in [-0.2, -0.15) is 0 Å². The molecule has 0 saturated carbocycles. The van der Waals surface area contributed by atoms with Crippen LogP contribution in [0, 0.1) is 0 Å². The SMILES string of the molecule is CCCCOC(=O)/C=C/C[C@@H](/C=[CH]/[Sn]([CH2]CCC)([CH2]CCC)[CH2]CCC)O[Si](C)(C)C(C)(C)C. The van der Waals surface area contributed by atoms with Crippen LogP contribution in [0.2, 0.25) is 31.4 Å². The molecule has 0 aromatic heterocycles. The molecule has 0 radical (unpaired) electrons. The predicted molar refractivity (Wildman–Crippen MR) is 156 cm³/mol. The van der Waals surface area contributed by atoms with Crippen molar-refractivity contribution in [2.24, 2.45) is 0 Å². The zero-order valence-electron chi connectivity index (χ0n) is 24.3. The van der Waals surface area contributed by atoms with Gasteiger partial charge in [0.2, 0.25) is 0 Å². The quantitative estimate of drug-likeness (QED) is 0.0640. The summed E-state index contributed by atoms with van der Waals surface area (Å²) in [4.78, 5) is 12.1. The maximum atomic E-state index is 12.1. The van der Waals surface area contributed by atoms with Crippen LogP contribution in [0.1, 0.15) is 106 Å².